The fourth-order valence-corrected chi connectivity index (χ4v) is 1.12. The molecule has 0 spiro atoms. The van der Waals surface area contributed by atoms with Gasteiger partial charge in [0.2, 0.25) is 0 Å². The van der Waals surface area contributed by atoms with Crippen molar-refractivity contribution in [3.8, 4) is 0 Å². The molecule has 1 N–H and O–H groups in total. The van der Waals surface area contributed by atoms with Crippen LogP contribution in [0.25, 0.3) is 0 Å². The minimum atomic E-state index is 0.681. The van der Waals surface area contributed by atoms with Gasteiger partial charge in [0.05, 0.1) is 0 Å². The van der Waals surface area contributed by atoms with Crippen LogP contribution in [0.1, 0.15) is 30.6 Å². The van der Waals surface area contributed by atoms with Crippen LogP contribution >= 0.6 is 0 Å². The number of aldehydes is 1. The van der Waals surface area contributed by atoms with E-state index in [1.807, 2.05) is 24.3 Å². The van der Waals surface area contributed by atoms with E-state index >= 15 is 0 Å². The lowest BCUT2D eigenvalue weighted by molar-refractivity contribution is 0.112. The van der Waals surface area contributed by atoms with Gasteiger partial charge in [0.15, 0.2) is 0 Å². The van der Waals surface area contributed by atoms with E-state index in [1.54, 1.807) is 0 Å². The summed E-state index contributed by atoms with van der Waals surface area (Å²) in [4.78, 5) is 10.4. The van der Waals surface area contributed by atoms with Crippen molar-refractivity contribution in [1.82, 2.24) is 0 Å². The van der Waals surface area contributed by atoms with E-state index in [0.29, 0.717) is 5.92 Å². The fourth-order valence-electron chi connectivity index (χ4n) is 1.12. The number of anilines is 1. The van der Waals surface area contributed by atoms with Gasteiger partial charge in [-0.15, -0.1) is 0 Å². The monoisotopic (exact) mass is 191 g/mol. The summed E-state index contributed by atoms with van der Waals surface area (Å²) in [6.45, 7) is 5.38. The summed E-state index contributed by atoms with van der Waals surface area (Å²) in [5, 5.41) is 3.33. The average molecular weight is 191 g/mol. The van der Waals surface area contributed by atoms with Crippen molar-refractivity contribution in [3.05, 3.63) is 29.8 Å². The van der Waals surface area contributed by atoms with Crippen LogP contribution in [-0.2, 0) is 0 Å². The standard InChI is InChI=1S/C12H17NO/c1-3-10(2)8-13-12-6-4-11(9-14)5-7-12/h4-7,9-10,13H,3,8H2,1-2H3. The predicted octanol–water partition coefficient (Wildman–Crippen LogP) is 2.96. The molecule has 1 rings (SSSR count). The van der Waals surface area contributed by atoms with Gasteiger partial charge in [0, 0.05) is 17.8 Å². The van der Waals surface area contributed by atoms with Crippen LogP contribution in [0.5, 0.6) is 0 Å². The van der Waals surface area contributed by atoms with Gasteiger partial charge in [-0.1, -0.05) is 20.3 Å². The molecule has 0 aliphatic rings. The molecule has 1 unspecified atom stereocenters. The molecule has 0 heterocycles. The number of hydrogen-bond acceptors (Lipinski definition) is 2. The number of carbonyl (C=O) groups excluding carboxylic acids is 1. The van der Waals surface area contributed by atoms with Crippen LogP contribution in [0.15, 0.2) is 24.3 Å². The molecule has 0 radical (unpaired) electrons. The zero-order valence-corrected chi connectivity index (χ0v) is 8.79. The molecule has 0 aliphatic heterocycles. The van der Waals surface area contributed by atoms with Crippen molar-refractivity contribution in [2.75, 3.05) is 11.9 Å². The highest BCUT2D eigenvalue weighted by atomic mass is 16.1. The minimum Gasteiger partial charge on any atom is -0.385 e. The van der Waals surface area contributed by atoms with E-state index in [4.69, 9.17) is 0 Å². The molecule has 0 saturated heterocycles. The molecule has 0 aromatic heterocycles. The Hall–Kier alpha value is -1.31. The smallest absolute Gasteiger partial charge is 0.150 e. The Morgan fingerprint density at radius 3 is 2.50 bits per heavy atom. The second-order valence-corrected chi connectivity index (χ2v) is 3.63. The molecule has 0 aliphatic carbocycles. The summed E-state index contributed by atoms with van der Waals surface area (Å²) in [7, 11) is 0. The Balaban J connectivity index is 2.47. The van der Waals surface area contributed by atoms with Crippen molar-refractivity contribution in [2.24, 2.45) is 5.92 Å². The van der Waals surface area contributed by atoms with Crippen molar-refractivity contribution in [3.63, 3.8) is 0 Å². The quantitative estimate of drug-likeness (QED) is 0.725. The average Bonchev–Trinajstić information content (AvgIpc) is 2.26. The van der Waals surface area contributed by atoms with E-state index in [1.165, 1.54) is 6.42 Å². The molecule has 1 atom stereocenters. The molecule has 0 saturated carbocycles. The number of hydrogen-bond donors (Lipinski definition) is 1. The minimum absolute atomic E-state index is 0.681. The Morgan fingerprint density at radius 2 is 2.00 bits per heavy atom. The normalized spacial score (nSPS) is 12.1. The first-order chi connectivity index (χ1) is 6.76. The summed E-state index contributed by atoms with van der Waals surface area (Å²) in [6, 6.07) is 7.52. The summed E-state index contributed by atoms with van der Waals surface area (Å²) in [5.74, 6) is 0.681. The van der Waals surface area contributed by atoms with Crippen molar-refractivity contribution >= 4 is 12.0 Å². The lowest BCUT2D eigenvalue weighted by Crippen LogP contribution is -2.09. The molecule has 1 aromatic rings. The predicted molar refractivity (Wildman–Crippen MR) is 59.8 cm³/mol. The van der Waals surface area contributed by atoms with Crippen molar-refractivity contribution < 1.29 is 4.79 Å². The van der Waals surface area contributed by atoms with Crippen LogP contribution in [0.4, 0.5) is 5.69 Å². The molecule has 2 heteroatoms. The van der Waals surface area contributed by atoms with Crippen LogP contribution in [0, 0.1) is 5.92 Å². The van der Waals surface area contributed by atoms with Crippen LogP contribution in [-0.4, -0.2) is 12.8 Å². The molecule has 1 aromatic carbocycles. The maximum Gasteiger partial charge on any atom is 0.150 e. The second kappa shape index (κ2) is 5.43. The fraction of sp³-hybridized carbons (Fsp3) is 0.417. The van der Waals surface area contributed by atoms with E-state index < -0.39 is 0 Å². The first-order valence-electron chi connectivity index (χ1n) is 5.05. The second-order valence-electron chi connectivity index (χ2n) is 3.63. The largest absolute Gasteiger partial charge is 0.385 e. The summed E-state index contributed by atoms with van der Waals surface area (Å²) < 4.78 is 0. The first kappa shape index (κ1) is 10.8. The van der Waals surface area contributed by atoms with Crippen LogP contribution in [0.3, 0.4) is 0 Å². The number of rotatable bonds is 5. The zero-order valence-electron chi connectivity index (χ0n) is 8.79. The van der Waals surface area contributed by atoms with Gasteiger partial charge in [-0.3, -0.25) is 4.79 Å². The molecule has 0 amide bonds. The van der Waals surface area contributed by atoms with E-state index in [2.05, 4.69) is 19.2 Å². The number of nitrogens with one attached hydrogen (secondary N) is 1. The Morgan fingerprint density at radius 1 is 1.36 bits per heavy atom. The van der Waals surface area contributed by atoms with Gasteiger partial charge in [-0.2, -0.15) is 0 Å². The number of benzene rings is 1. The molecule has 0 bridgehead atoms. The Labute approximate surface area is 85.3 Å². The van der Waals surface area contributed by atoms with Gasteiger partial charge < -0.3 is 5.32 Å². The van der Waals surface area contributed by atoms with Crippen molar-refractivity contribution in [1.29, 1.82) is 0 Å². The molecule has 0 fully saturated rings. The van der Waals surface area contributed by atoms with Crippen LogP contribution < -0.4 is 5.32 Å². The highest BCUT2D eigenvalue weighted by Gasteiger charge is 1.98. The van der Waals surface area contributed by atoms with Gasteiger partial charge in [-0.05, 0) is 30.2 Å². The summed E-state index contributed by atoms with van der Waals surface area (Å²) >= 11 is 0. The first-order valence-corrected chi connectivity index (χ1v) is 5.05. The summed E-state index contributed by atoms with van der Waals surface area (Å²) in [5.41, 5.74) is 1.80. The van der Waals surface area contributed by atoms with E-state index in [0.717, 1.165) is 24.1 Å². The lowest BCUT2D eigenvalue weighted by Gasteiger charge is -2.11. The topological polar surface area (TPSA) is 29.1 Å². The molecular formula is C12H17NO. The highest BCUT2D eigenvalue weighted by molar-refractivity contribution is 5.75. The van der Waals surface area contributed by atoms with E-state index in [9.17, 15) is 4.79 Å². The van der Waals surface area contributed by atoms with E-state index in [-0.39, 0.29) is 0 Å². The molecule has 2 nitrogen and oxygen atoms in total. The maximum absolute atomic E-state index is 10.4. The van der Waals surface area contributed by atoms with Crippen molar-refractivity contribution in [2.45, 2.75) is 20.3 Å². The Kier molecular flexibility index (Phi) is 4.17. The van der Waals surface area contributed by atoms with Crippen LogP contribution in [0.2, 0.25) is 0 Å². The Bertz CT molecular complexity index is 279. The highest BCUT2D eigenvalue weighted by Crippen LogP contribution is 2.09. The third kappa shape index (κ3) is 3.21. The molecule has 14 heavy (non-hydrogen) atoms. The van der Waals surface area contributed by atoms with Gasteiger partial charge in [0.25, 0.3) is 0 Å². The third-order valence-electron chi connectivity index (χ3n) is 2.40. The molecular weight excluding hydrogens is 174 g/mol. The molecule has 76 valence electrons. The summed E-state index contributed by atoms with van der Waals surface area (Å²) in [6.07, 6.45) is 2.04. The lowest BCUT2D eigenvalue weighted by atomic mass is 10.1. The van der Waals surface area contributed by atoms with Gasteiger partial charge in [0.1, 0.15) is 6.29 Å². The van der Waals surface area contributed by atoms with Gasteiger partial charge >= 0.3 is 0 Å². The zero-order chi connectivity index (χ0) is 10.4. The van der Waals surface area contributed by atoms with Gasteiger partial charge in [-0.25, -0.2) is 0 Å². The third-order valence-corrected chi connectivity index (χ3v) is 2.40. The number of carbonyl (C=O) groups is 1. The SMILES string of the molecule is CCC(C)CNc1ccc(C=O)cc1. The maximum atomic E-state index is 10.4.